The van der Waals surface area contributed by atoms with Gasteiger partial charge in [-0.3, -0.25) is 0 Å². The second kappa shape index (κ2) is 21.4. The van der Waals surface area contributed by atoms with E-state index >= 15 is 0 Å². The Bertz CT molecular complexity index is 2010. The summed E-state index contributed by atoms with van der Waals surface area (Å²) in [6, 6.07) is 41.1. The van der Waals surface area contributed by atoms with E-state index in [1.54, 1.807) is 0 Å². The van der Waals surface area contributed by atoms with Crippen LogP contribution < -0.4 is 8.85 Å². The van der Waals surface area contributed by atoms with Crippen LogP contribution in [0.1, 0.15) is 203 Å². The first-order valence-electron chi connectivity index (χ1n) is 23.6. The molecule has 2 heteroatoms. The Morgan fingerprint density at radius 1 is 0.226 bits per heavy atom. The smallest absolute Gasteiger partial charge is 0.0156 e. The highest BCUT2D eigenvalue weighted by Crippen LogP contribution is 2.42. The zero-order chi connectivity index (χ0) is 45.7. The summed E-state index contributed by atoms with van der Waals surface area (Å²) in [6.45, 7) is 36.9. The van der Waals surface area contributed by atoms with Crippen molar-refractivity contribution in [2.45, 2.75) is 158 Å². The average Bonchev–Trinajstić information content (AvgIpc) is 3.22. The molecule has 0 fully saturated rings. The van der Waals surface area contributed by atoms with E-state index < -0.39 is 0 Å². The summed E-state index contributed by atoms with van der Waals surface area (Å²) in [4.78, 5) is 0. The van der Waals surface area contributed by atoms with Crippen molar-refractivity contribution in [2.24, 2.45) is 0 Å². The van der Waals surface area contributed by atoms with Crippen molar-refractivity contribution in [3.63, 3.8) is 0 Å². The summed E-state index contributed by atoms with van der Waals surface area (Å²) in [5, 5.41) is 0. The molecule has 0 saturated heterocycles. The first kappa shape index (κ1) is 49.4. The molecule has 0 amide bonds. The zero-order valence-electron chi connectivity index (χ0n) is 41.2. The van der Waals surface area contributed by atoms with Gasteiger partial charge in [0.1, 0.15) is 0 Å². The van der Waals surface area contributed by atoms with Crippen LogP contribution in [0.4, 0.5) is 0 Å². The van der Waals surface area contributed by atoms with Crippen LogP contribution in [0, 0.1) is 0 Å². The van der Waals surface area contributed by atoms with Crippen molar-refractivity contribution in [3.8, 4) is 44.5 Å². The lowest BCUT2D eigenvalue weighted by molar-refractivity contribution is 0.837. The lowest BCUT2D eigenvalue weighted by atomic mass is 9.82. The Kier molecular flexibility index (Phi) is 17.0. The number of benzene rings is 6. The van der Waals surface area contributed by atoms with E-state index in [0.29, 0.717) is 47.3 Å². The summed E-state index contributed by atoms with van der Waals surface area (Å²) >= 11 is 6.22. The maximum absolute atomic E-state index is 3.11. The Balaban J connectivity index is 0.000000234. The van der Waals surface area contributed by atoms with E-state index in [2.05, 4.69) is 253 Å². The predicted octanol–water partition coefficient (Wildman–Crippen LogP) is 16.6. The van der Waals surface area contributed by atoms with Crippen LogP contribution in [0.25, 0.3) is 44.5 Å². The maximum Gasteiger partial charge on any atom is -0.0156 e. The summed E-state index contributed by atoms with van der Waals surface area (Å²) < 4.78 is 2.63. The van der Waals surface area contributed by atoms with Gasteiger partial charge in [-0.1, -0.05) is 242 Å². The van der Waals surface area contributed by atoms with Crippen LogP contribution in [-0.4, -0.2) is 32.6 Å². The first-order chi connectivity index (χ1) is 29.3. The minimum Gasteiger partial charge on any atom is -0.523 e. The van der Waals surface area contributed by atoms with E-state index in [1.165, 1.54) is 97.9 Å². The van der Waals surface area contributed by atoms with Gasteiger partial charge in [0.25, 0.3) is 0 Å². The second-order valence-corrected chi connectivity index (χ2v) is 21.2. The minimum atomic E-state index is 0.482. The van der Waals surface area contributed by atoms with Crippen LogP contribution in [-0.2, 0) is 0 Å². The molecule has 0 unspecified atom stereocenters. The molecule has 0 aliphatic carbocycles. The lowest BCUT2D eigenvalue weighted by Gasteiger charge is -2.30. The van der Waals surface area contributed by atoms with Crippen molar-refractivity contribution >= 4 is 41.4 Å². The lowest BCUT2D eigenvalue weighted by Crippen LogP contribution is -2.15. The molecule has 322 valence electrons. The molecular weight excluding hydrogens is 775 g/mol. The Labute approximate surface area is 395 Å². The molecule has 6 aromatic rings. The third kappa shape index (κ3) is 10.5. The monoisotopic (exact) mass is 849 g/mol. The molecule has 0 heterocycles. The van der Waals surface area contributed by atoms with Crippen molar-refractivity contribution in [2.75, 3.05) is 0 Å². The van der Waals surface area contributed by atoms with Crippen molar-refractivity contribution < 1.29 is 0 Å². The highest BCUT2D eigenvalue weighted by molar-refractivity contribution is 6.40. The third-order valence-electron chi connectivity index (χ3n) is 12.8. The molecule has 62 heavy (non-hydrogen) atoms. The molecule has 0 bridgehead atoms. The van der Waals surface area contributed by atoms with E-state index in [1.807, 2.05) is 0 Å². The molecule has 0 aliphatic rings. The predicted molar refractivity (Wildman–Crippen MR) is 278 cm³/mol. The SMILES string of the molecule is CC(C)c1cccc(C(C)C)c1-c1cccc(-c2c(C(C)C)cccc2C(C)C)[c]1[Al-].CC(C)c1cccc(C(C)C)c1-c1cccc(-c2c(C(C)C)cccc2C(C)C)[c]1[Al-]. The number of hydrogen-bond donors (Lipinski definition) is 0. The molecule has 6 aromatic carbocycles. The molecule has 0 aliphatic heterocycles. The van der Waals surface area contributed by atoms with E-state index in [-0.39, 0.29) is 0 Å². The fourth-order valence-electron chi connectivity index (χ4n) is 9.45. The number of hydrogen-bond acceptors (Lipinski definition) is 0. The zero-order valence-corrected chi connectivity index (χ0v) is 43.5. The van der Waals surface area contributed by atoms with Crippen LogP contribution in [0.3, 0.4) is 0 Å². The van der Waals surface area contributed by atoms with Crippen molar-refractivity contribution in [3.05, 3.63) is 154 Å². The Morgan fingerprint density at radius 2 is 0.355 bits per heavy atom. The second-order valence-electron chi connectivity index (χ2n) is 20.0. The van der Waals surface area contributed by atoms with Crippen LogP contribution in [0.2, 0.25) is 0 Å². The third-order valence-corrected chi connectivity index (χ3v) is 14.0. The first-order valence-corrected chi connectivity index (χ1v) is 24.7. The summed E-state index contributed by atoms with van der Waals surface area (Å²) in [5.41, 5.74) is 22.6. The maximum atomic E-state index is 3.11. The van der Waals surface area contributed by atoms with Gasteiger partial charge in [0, 0.05) is 0 Å². The fourth-order valence-corrected chi connectivity index (χ4v) is 10.4. The van der Waals surface area contributed by atoms with E-state index in [0.717, 1.165) is 0 Å². The van der Waals surface area contributed by atoms with Gasteiger partial charge < -0.3 is 41.4 Å². The van der Waals surface area contributed by atoms with Gasteiger partial charge in [0.15, 0.2) is 0 Å². The fraction of sp³-hybridized carbons (Fsp3) is 0.400. The Hall–Kier alpha value is -3.62. The topological polar surface area (TPSA) is 0 Å². The van der Waals surface area contributed by atoms with E-state index in [4.69, 9.17) is 0 Å². The normalized spacial score (nSPS) is 11.9. The van der Waals surface area contributed by atoms with Crippen molar-refractivity contribution in [1.29, 1.82) is 0 Å². The minimum absolute atomic E-state index is 0.482. The molecular formula is C60H74Al2-2. The van der Waals surface area contributed by atoms with Crippen molar-refractivity contribution in [1.82, 2.24) is 0 Å². The van der Waals surface area contributed by atoms with Gasteiger partial charge in [0.05, 0.1) is 0 Å². The molecule has 0 spiro atoms. The quantitative estimate of drug-likeness (QED) is 0.108. The molecule has 0 saturated carbocycles. The van der Waals surface area contributed by atoms with Gasteiger partial charge in [-0.15, -0.1) is 0 Å². The van der Waals surface area contributed by atoms with Gasteiger partial charge in [-0.05, 0) is 114 Å². The van der Waals surface area contributed by atoms with Crippen LogP contribution >= 0.6 is 0 Å². The molecule has 0 aromatic heterocycles. The van der Waals surface area contributed by atoms with Gasteiger partial charge in [-0.2, -0.15) is 0 Å². The van der Waals surface area contributed by atoms with Crippen LogP contribution in [0.15, 0.2) is 109 Å². The molecule has 0 N–H and O–H groups in total. The highest BCUT2D eigenvalue weighted by atomic mass is 27.1. The molecule has 6 radical (unpaired) electrons. The summed E-state index contributed by atoms with van der Waals surface area (Å²) in [6.07, 6.45) is 0. The standard InChI is InChI=1S/2C30H37.2Al/c2*1-19(2)25-14-10-15-26(20(3)4)29(25)23-12-9-13-24(18-23)30-27(21(5)6)16-11-17-28(30)22(7)8;;/h2*9-17,19-22H,1-8H3;;/q;;2*-1. The Morgan fingerprint density at radius 3 is 0.484 bits per heavy atom. The average molecular weight is 849 g/mol. The highest BCUT2D eigenvalue weighted by Gasteiger charge is 2.21. The molecule has 0 nitrogen and oxygen atoms in total. The van der Waals surface area contributed by atoms with Gasteiger partial charge in [-0.25, -0.2) is 0 Å². The summed E-state index contributed by atoms with van der Waals surface area (Å²) in [7, 11) is 0. The molecule has 6 rings (SSSR count). The van der Waals surface area contributed by atoms with E-state index in [9.17, 15) is 0 Å². The van der Waals surface area contributed by atoms with Gasteiger partial charge >= 0.3 is 0 Å². The van der Waals surface area contributed by atoms with Crippen LogP contribution in [0.5, 0.6) is 0 Å². The molecule has 0 atom stereocenters. The summed E-state index contributed by atoms with van der Waals surface area (Å²) in [5.74, 6) is 3.86. The van der Waals surface area contributed by atoms with Gasteiger partial charge in [0.2, 0.25) is 0 Å². The largest absolute Gasteiger partial charge is 0.523 e. The number of rotatable bonds is 12.